The lowest BCUT2D eigenvalue weighted by Gasteiger charge is -2.17. The summed E-state index contributed by atoms with van der Waals surface area (Å²) in [6, 6.07) is 10.6. The fraction of sp³-hybridized carbons (Fsp3) is 0.259. The van der Waals surface area contributed by atoms with Crippen LogP contribution in [0.25, 0.3) is 6.08 Å². The molecule has 1 aromatic heterocycles. The Morgan fingerprint density at radius 2 is 2.03 bits per heavy atom. The molecule has 4 rings (SSSR count). The highest BCUT2D eigenvalue weighted by Crippen LogP contribution is 2.33. The number of benzene rings is 1. The molecule has 0 saturated carbocycles. The van der Waals surface area contributed by atoms with Crippen molar-refractivity contribution in [2.75, 3.05) is 26.9 Å². The lowest BCUT2D eigenvalue weighted by Crippen LogP contribution is -2.30. The molecule has 186 valence electrons. The summed E-state index contributed by atoms with van der Waals surface area (Å²) < 4.78 is 15.8. The van der Waals surface area contributed by atoms with Crippen molar-refractivity contribution in [2.24, 2.45) is 0 Å². The third-order valence-corrected chi connectivity index (χ3v) is 5.76. The number of nitrogens with one attached hydrogen (secondary N) is 1. The summed E-state index contributed by atoms with van der Waals surface area (Å²) in [4.78, 5) is 43.4. The molecule has 36 heavy (non-hydrogen) atoms. The summed E-state index contributed by atoms with van der Waals surface area (Å²) in [5.41, 5.74) is 2.53. The highest BCUT2D eigenvalue weighted by atomic mass is 16.5. The number of nitrogens with zero attached hydrogens (tertiary/aromatic N) is 2. The van der Waals surface area contributed by atoms with E-state index in [1.165, 1.54) is 12.0 Å². The molecule has 2 aliphatic rings. The number of carbonyl (C=O) groups is 3. The number of hydrogen-bond donors (Lipinski definition) is 1. The summed E-state index contributed by atoms with van der Waals surface area (Å²) in [5, 5.41) is 2.74. The molecule has 1 aromatic carbocycles. The monoisotopic (exact) mass is 489 g/mol. The van der Waals surface area contributed by atoms with Crippen LogP contribution in [0.5, 0.6) is 5.75 Å². The maximum atomic E-state index is 13.3. The number of amides is 2. The number of pyridine rings is 1. The van der Waals surface area contributed by atoms with E-state index >= 15 is 0 Å². The van der Waals surface area contributed by atoms with Crippen LogP contribution in [0.1, 0.15) is 24.5 Å². The Labute approximate surface area is 209 Å². The predicted octanol–water partition coefficient (Wildman–Crippen LogP) is 2.75. The first-order chi connectivity index (χ1) is 17.5. The van der Waals surface area contributed by atoms with Crippen LogP contribution in [-0.2, 0) is 30.4 Å². The van der Waals surface area contributed by atoms with Crippen molar-refractivity contribution in [2.45, 2.75) is 19.9 Å². The van der Waals surface area contributed by atoms with Gasteiger partial charge >= 0.3 is 5.97 Å². The first-order valence-electron chi connectivity index (χ1n) is 11.5. The molecule has 0 bridgehead atoms. The molecule has 2 amide bonds. The largest absolute Gasteiger partial charge is 0.496 e. The van der Waals surface area contributed by atoms with Crippen molar-refractivity contribution in [3.05, 3.63) is 88.6 Å². The normalized spacial score (nSPS) is 16.2. The second kappa shape index (κ2) is 11.4. The lowest BCUT2D eigenvalue weighted by molar-refractivity contribution is -0.136. The van der Waals surface area contributed by atoms with Gasteiger partial charge in [-0.05, 0) is 48.4 Å². The van der Waals surface area contributed by atoms with E-state index in [1.54, 1.807) is 55.7 Å². The zero-order chi connectivity index (χ0) is 25.5. The van der Waals surface area contributed by atoms with Crippen molar-refractivity contribution in [3.63, 3.8) is 0 Å². The number of allylic oxidation sites excluding steroid dienone is 1. The smallest absolute Gasteiger partial charge is 0.340 e. The van der Waals surface area contributed by atoms with Gasteiger partial charge in [0.25, 0.3) is 11.8 Å². The van der Waals surface area contributed by atoms with Gasteiger partial charge in [0.15, 0.2) is 6.61 Å². The Hall–Kier alpha value is -4.40. The number of carbonyl (C=O) groups excluding carboxylic acids is 3. The molecule has 0 saturated heterocycles. The molecule has 9 heteroatoms. The third-order valence-electron chi connectivity index (χ3n) is 5.76. The number of ether oxygens (including phenoxy) is 3. The molecular formula is C27H27N3O6. The molecule has 0 radical (unpaired) electrons. The molecule has 0 aliphatic carbocycles. The Morgan fingerprint density at radius 3 is 2.69 bits per heavy atom. The number of hydrogen-bond acceptors (Lipinski definition) is 7. The number of rotatable bonds is 9. The van der Waals surface area contributed by atoms with Crippen LogP contribution >= 0.6 is 0 Å². The molecular weight excluding hydrogens is 462 g/mol. The molecule has 0 spiro atoms. The molecule has 0 unspecified atom stereocenters. The fourth-order valence-corrected chi connectivity index (χ4v) is 3.90. The Kier molecular flexibility index (Phi) is 7.79. The summed E-state index contributed by atoms with van der Waals surface area (Å²) >= 11 is 0. The minimum Gasteiger partial charge on any atom is -0.496 e. The van der Waals surface area contributed by atoms with E-state index in [-0.39, 0.29) is 36.1 Å². The van der Waals surface area contributed by atoms with E-state index in [0.717, 1.165) is 17.7 Å². The molecule has 2 aliphatic heterocycles. The molecule has 0 fully saturated rings. The van der Waals surface area contributed by atoms with Crippen LogP contribution in [0.4, 0.5) is 0 Å². The molecule has 2 aromatic rings. The van der Waals surface area contributed by atoms with Crippen molar-refractivity contribution in [1.82, 2.24) is 15.2 Å². The summed E-state index contributed by atoms with van der Waals surface area (Å²) in [6.07, 6.45) is 7.79. The van der Waals surface area contributed by atoms with Crippen LogP contribution in [0.3, 0.4) is 0 Å². The van der Waals surface area contributed by atoms with E-state index < -0.39 is 5.97 Å². The van der Waals surface area contributed by atoms with Gasteiger partial charge in [-0.15, -0.1) is 0 Å². The minimum atomic E-state index is -0.578. The standard InChI is InChI=1S/C27H27N3O6/c1-18-25(27(33)34-2)23(26(32)30(18)16-20-5-3-11-28-14-20)13-19-7-9-21(10-8-19)36-17-24(31)29-15-22-6-4-12-35-22/h3,5-11,13-14H,4,12,15-17H2,1-2H3,(H,29,31)/b23-13-. The molecule has 1 N–H and O–H groups in total. The first kappa shape index (κ1) is 24.7. The lowest BCUT2D eigenvalue weighted by atomic mass is 10.0. The van der Waals surface area contributed by atoms with Crippen LogP contribution in [0.2, 0.25) is 0 Å². The van der Waals surface area contributed by atoms with Crippen LogP contribution in [-0.4, -0.2) is 54.5 Å². The topological polar surface area (TPSA) is 107 Å². The molecule has 9 nitrogen and oxygen atoms in total. The fourth-order valence-electron chi connectivity index (χ4n) is 3.90. The van der Waals surface area contributed by atoms with E-state index in [2.05, 4.69) is 10.3 Å². The second-order valence-corrected chi connectivity index (χ2v) is 8.20. The van der Waals surface area contributed by atoms with Gasteiger partial charge in [0.2, 0.25) is 0 Å². The highest BCUT2D eigenvalue weighted by Gasteiger charge is 2.37. The quantitative estimate of drug-likeness (QED) is 0.426. The number of esters is 1. The van der Waals surface area contributed by atoms with Gasteiger partial charge in [0.05, 0.1) is 38.0 Å². The number of methoxy groups -OCH3 is 1. The van der Waals surface area contributed by atoms with Gasteiger partial charge in [0, 0.05) is 24.5 Å². The van der Waals surface area contributed by atoms with E-state index in [4.69, 9.17) is 14.2 Å². The van der Waals surface area contributed by atoms with E-state index in [1.807, 2.05) is 12.1 Å². The maximum Gasteiger partial charge on any atom is 0.340 e. The second-order valence-electron chi connectivity index (χ2n) is 8.20. The minimum absolute atomic E-state index is 0.135. The zero-order valence-corrected chi connectivity index (χ0v) is 20.2. The number of aromatic nitrogens is 1. The summed E-state index contributed by atoms with van der Waals surface area (Å²) in [7, 11) is 1.29. The van der Waals surface area contributed by atoms with Crippen molar-refractivity contribution in [3.8, 4) is 5.75 Å². The predicted molar refractivity (Wildman–Crippen MR) is 131 cm³/mol. The van der Waals surface area contributed by atoms with Gasteiger partial charge in [-0.2, -0.15) is 0 Å². The SMILES string of the molecule is COC(=O)C1=C(C)N(Cc2cccnc2)C(=O)/C1=C\c1ccc(OCC(=O)NCC2=CCCO2)cc1. The van der Waals surface area contributed by atoms with E-state index in [0.29, 0.717) is 30.2 Å². The van der Waals surface area contributed by atoms with Crippen molar-refractivity contribution >= 4 is 23.9 Å². The van der Waals surface area contributed by atoms with Crippen LogP contribution in [0.15, 0.2) is 77.5 Å². The third kappa shape index (κ3) is 5.80. The molecule has 3 heterocycles. The Balaban J connectivity index is 1.44. The maximum absolute atomic E-state index is 13.3. The van der Waals surface area contributed by atoms with Crippen LogP contribution < -0.4 is 10.1 Å². The average molecular weight is 490 g/mol. The average Bonchev–Trinajstić information content (AvgIpc) is 3.50. The van der Waals surface area contributed by atoms with Gasteiger partial charge in [-0.25, -0.2) is 4.79 Å². The highest BCUT2D eigenvalue weighted by molar-refractivity contribution is 6.16. The van der Waals surface area contributed by atoms with E-state index in [9.17, 15) is 14.4 Å². The summed E-state index contributed by atoms with van der Waals surface area (Å²) in [6.45, 7) is 2.86. The van der Waals surface area contributed by atoms with Gasteiger partial charge < -0.3 is 24.4 Å². The van der Waals surface area contributed by atoms with Gasteiger partial charge in [0.1, 0.15) is 11.5 Å². The van der Waals surface area contributed by atoms with Crippen molar-refractivity contribution < 1.29 is 28.6 Å². The Morgan fingerprint density at radius 1 is 1.22 bits per heavy atom. The van der Waals surface area contributed by atoms with Gasteiger partial charge in [-0.3, -0.25) is 14.6 Å². The first-order valence-corrected chi connectivity index (χ1v) is 11.5. The van der Waals surface area contributed by atoms with Gasteiger partial charge in [-0.1, -0.05) is 18.2 Å². The van der Waals surface area contributed by atoms with Crippen LogP contribution in [0, 0.1) is 0 Å². The summed E-state index contributed by atoms with van der Waals surface area (Å²) in [5.74, 6) is 0.128. The molecule has 0 atom stereocenters. The Bertz CT molecular complexity index is 1230. The zero-order valence-electron chi connectivity index (χ0n) is 20.2. The van der Waals surface area contributed by atoms with Crippen molar-refractivity contribution in [1.29, 1.82) is 0 Å².